The van der Waals surface area contributed by atoms with Crippen molar-refractivity contribution in [2.75, 3.05) is 12.0 Å². The molecular formula is C10H14ClN3O2S3. The van der Waals surface area contributed by atoms with Crippen LogP contribution in [0, 0.1) is 0 Å². The number of aromatic nitrogens is 2. The summed E-state index contributed by atoms with van der Waals surface area (Å²) in [5.41, 5.74) is 0. The standard InChI is InChI=1S/C10H14ClN3O2S3/c1-3-7(6-17-2)13-19(15,16)9-8(11)12-10-14(9)4-5-18-10/h4-5,7,13H,3,6H2,1-2H3. The van der Waals surface area contributed by atoms with E-state index in [4.69, 9.17) is 11.6 Å². The molecule has 0 radical (unpaired) electrons. The van der Waals surface area contributed by atoms with Crippen LogP contribution < -0.4 is 4.72 Å². The highest BCUT2D eigenvalue weighted by molar-refractivity contribution is 7.98. The van der Waals surface area contributed by atoms with Crippen molar-refractivity contribution in [2.45, 2.75) is 24.4 Å². The first-order chi connectivity index (χ1) is 8.99. The molecule has 5 nitrogen and oxygen atoms in total. The third-order valence-corrected chi connectivity index (χ3v) is 6.03. The first kappa shape index (κ1) is 15.1. The summed E-state index contributed by atoms with van der Waals surface area (Å²) in [4.78, 5) is 4.61. The van der Waals surface area contributed by atoms with E-state index in [2.05, 4.69) is 9.71 Å². The van der Waals surface area contributed by atoms with Gasteiger partial charge in [-0.1, -0.05) is 18.5 Å². The Kier molecular flexibility index (Phi) is 4.78. The van der Waals surface area contributed by atoms with Gasteiger partial charge in [-0.3, -0.25) is 4.40 Å². The van der Waals surface area contributed by atoms with Crippen molar-refractivity contribution < 1.29 is 8.42 Å². The molecule has 0 aliphatic rings. The van der Waals surface area contributed by atoms with Crippen molar-refractivity contribution in [3.63, 3.8) is 0 Å². The van der Waals surface area contributed by atoms with Gasteiger partial charge in [0.1, 0.15) is 0 Å². The number of fused-ring (bicyclic) bond motifs is 1. The molecule has 1 unspecified atom stereocenters. The fourth-order valence-electron chi connectivity index (χ4n) is 1.69. The second-order valence-corrected chi connectivity index (χ2v) is 7.72. The average molecular weight is 340 g/mol. The van der Waals surface area contributed by atoms with Crippen molar-refractivity contribution in [2.24, 2.45) is 0 Å². The SMILES string of the molecule is CCC(CSC)NS(=O)(=O)c1c(Cl)nc2sccn12. The van der Waals surface area contributed by atoms with Gasteiger partial charge in [-0.05, 0) is 12.7 Å². The lowest BCUT2D eigenvalue weighted by Crippen LogP contribution is -2.36. The Morgan fingerprint density at radius 2 is 2.37 bits per heavy atom. The molecule has 2 heterocycles. The maximum absolute atomic E-state index is 12.4. The Bertz CT molecular complexity index is 665. The summed E-state index contributed by atoms with van der Waals surface area (Å²) in [5, 5.41) is 1.81. The van der Waals surface area contributed by atoms with E-state index >= 15 is 0 Å². The second-order valence-electron chi connectivity index (χ2n) is 3.95. The summed E-state index contributed by atoms with van der Waals surface area (Å²) in [6, 6.07) is -0.111. The van der Waals surface area contributed by atoms with Crippen LogP contribution in [0.15, 0.2) is 16.6 Å². The van der Waals surface area contributed by atoms with Gasteiger partial charge >= 0.3 is 0 Å². The van der Waals surface area contributed by atoms with Crippen molar-refractivity contribution in [3.05, 3.63) is 16.7 Å². The number of thiazole rings is 1. The molecule has 1 atom stereocenters. The van der Waals surface area contributed by atoms with E-state index < -0.39 is 10.0 Å². The van der Waals surface area contributed by atoms with Gasteiger partial charge < -0.3 is 0 Å². The van der Waals surface area contributed by atoms with E-state index in [9.17, 15) is 8.42 Å². The Morgan fingerprint density at radius 3 is 3.00 bits per heavy atom. The minimum atomic E-state index is -3.67. The minimum Gasteiger partial charge on any atom is -0.279 e. The van der Waals surface area contributed by atoms with Gasteiger partial charge in [0, 0.05) is 23.4 Å². The Morgan fingerprint density at radius 1 is 1.63 bits per heavy atom. The molecule has 0 spiro atoms. The number of nitrogens with one attached hydrogen (secondary N) is 1. The molecule has 106 valence electrons. The largest absolute Gasteiger partial charge is 0.279 e. The molecule has 0 bridgehead atoms. The molecule has 0 fully saturated rings. The van der Waals surface area contributed by atoms with Crippen LogP contribution >= 0.6 is 34.7 Å². The zero-order valence-corrected chi connectivity index (χ0v) is 13.7. The summed E-state index contributed by atoms with van der Waals surface area (Å²) < 4.78 is 29.0. The summed E-state index contributed by atoms with van der Waals surface area (Å²) in [6.07, 6.45) is 4.33. The van der Waals surface area contributed by atoms with E-state index in [1.165, 1.54) is 15.7 Å². The lowest BCUT2D eigenvalue weighted by molar-refractivity contribution is 0.554. The Hall–Kier alpha value is -0.280. The highest BCUT2D eigenvalue weighted by Crippen LogP contribution is 2.25. The highest BCUT2D eigenvalue weighted by atomic mass is 35.5. The van der Waals surface area contributed by atoms with E-state index in [0.717, 1.165) is 12.2 Å². The van der Waals surface area contributed by atoms with Crippen molar-refractivity contribution >= 4 is 49.7 Å². The molecule has 0 saturated heterocycles. The number of nitrogens with zero attached hydrogens (tertiary/aromatic N) is 2. The Balaban J connectivity index is 2.38. The third kappa shape index (κ3) is 3.08. The molecule has 9 heteroatoms. The third-order valence-electron chi connectivity index (χ3n) is 2.62. The number of halogens is 1. The van der Waals surface area contributed by atoms with Crippen molar-refractivity contribution in [1.82, 2.24) is 14.1 Å². The van der Waals surface area contributed by atoms with E-state index in [1.54, 1.807) is 23.3 Å². The van der Waals surface area contributed by atoms with E-state index in [0.29, 0.717) is 4.96 Å². The summed E-state index contributed by atoms with van der Waals surface area (Å²) in [5.74, 6) is 0.721. The van der Waals surface area contributed by atoms with Crippen LogP contribution in [-0.2, 0) is 10.0 Å². The van der Waals surface area contributed by atoms with Crippen LogP contribution in [0.1, 0.15) is 13.3 Å². The second kappa shape index (κ2) is 6.01. The normalized spacial score (nSPS) is 14.1. The number of sulfonamides is 1. The number of imidazole rings is 1. The van der Waals surface area contributed by atoms with Gasteiger partial charge in [0.25, 0.3) is 10.0 Å². The molecule has 0 saturated carbocycles. The molecule has 0 amide bonds. The van der Waals surface area contributed by atoms with Gasteiger partial charge in [-0.15, -0.1) is 11.3 Å². The van der Waals surface area contributed by atoms with Crippen LogP contribution in [-0.4, -0.2) is 35.9 Å². The number of thioether (sulfide) groups is 1. The lowest BCUT2D eigenvalue weighted by atomic mass is 10.3. The predicted molar refractivity (Wildman–Crippen MR) is 80.9 cm³/mol. The van der Waals surface area contributed by atoms with Crippen LogP contribution in [0.4, 0.5) is 0 Å². The lowest BCUT2D eigenvalue weighted by Gasteiger charge is -2.15. The van der Waals surface area contributed by atoms with Crippen LogP contribution in [0.3, 0.4) is 0 Å². The maximum Gasteiger partial charge on any atom is 0.260 e. The molecule has 0 aromatic carbocycles. The molecule has 19 heavy (non-hydrogen) atoms. The number of hydrogen-bond acceptors (Lipinski definition) is 5. The zero-order valence-electron chi connectivity index (χ0n) is 10.5. The van der Waals surface area contributed by atoms with Crippen LogP contribution in [0.2, 0.25) is 5.15 Å². The fourth-order valence-corrected chi connectivity index (χ4v) is 5.29. The Labute approximate surface area is 125 Å². The molecule has 0 aliphatic heterocycles. The summed E-state index contributed by atoms with van der Waals surface area (Å²) in [6.45, 7) is 1.95. The van der Waals surface area contributed by atoms with Gasteiger partial charge in [0.2, 0.25) is 0 Å². The van der Waals surface area contributed by atoms with Crippen LogP contribution in [0.5, 0.6) is 0 Å². The minimum absolute atomic E-state index is 0.0124. The number of rotatable bonds is 6. The molecule has 1 N–H and O–H groups in total. The molecule has 2 rings (SSSR count). The quantitative estimate of drug-likeness (QED) is 0.878. The summed E-state index contributed by atoms with van der Waals surface area (Å²) in [7, 11) is -3.67. The number of hydrogen-bond donors (Lipinski definition) is 1. The predicted octanol–water partition coefficient (Wildman–Crippen LogP) is 2.47. The van der Waals surface area contributed by atoms with Crippen LogP contribution in [0.25, 0.3) is 4.96 Å². The van der Waals surface area contributed by atoms with Crippen molar-refractivity contribution in [1.29, 1.82) is 0 Å². The monoisotopic (exact) mass is 339 g/mol. The van der Waals surface area contributed by atoms with E-state index in [1.807, 2.05) is 13.2 Å². The van der Waals surface area contributed by atoms with Gasteiger partial charge in [0.05, 0.1) is 0 Å². The fraction of sp³-hybridized carbons (Fsp3) is 0.500. The maximum atomic E-state index is 12.4. The average Bonchev–Trinajstić information content (AvgIpc) is 2.87. The van der Waals surface area contributed by atoms with Gasteiger partial charge in [-0.25, -0.2) is 18.1 Å². The van der Waals surface area contributed by atoms with Gasteiger partial charge in [-0.2, -0.15) is 11.8 Å². The van der Waals surface area contributed by atoms with Gasteiger partial charge in [0.15, 0.2) is 15.1 Å². The first-order valence-electron chi connectivity index (χ1n) is 5.62. The molecular weight excluding hydrogens is 326 g/mol. The topological polar surface area (TPSA) is 63.5 Å². The van der Waals surface area contributed by atoms with E-state index in [-0.39, 0.29) is 16.2 Å². The zero-order chi connectivity index (χ0) is 14.0. The smallest absolute Gasteiger partial charge is 0.260 e. The molecule has 0 aliphatic carbocycles. The first-order valence-corrected chi connectivity index (χ1v) is 9.75. The molecule has 2 aromatic heterocycles. The summed E-state index contributed by atoms with van der Waals surface area (Å²) >= 11 is 8.89. The molecule has 2 aromatic rings. The van der Waals surface area contributed by atoms with Crippen molar-refractivity contribution in [3.8, 4) is 0 Å². The highest BCUT2D eigenvalue weighted by Gasteiger charge is 2.27.